The number of nitrogens with zero attached hydrogens (tertiary/aromatic N) is 5. The van der Waals surface area contributed by atoms with Crippen LogP contribution in [-0.2, 0) is 9.59 Å². The van der Waals surface area contributed by atoms with Gasteiger partial charge in [-0.2, -0.15) is 0 Å². The Kier molecular flexibility index (Phi) is 9.19. The minimum absolute atomic E-state index is 0.0841. The molecule has 2 aliphatic rings. The molecule has 0 aliphatic carbocycles. The van der Waals surface area contributed by atoms with Crippen LogP contribution in [0.5, 0.6) is 0 Å². The number of hydrogen-bond donors (Lipinski definition) is 4. The molecule has 11 nitrogen and oxygen atoms in total. The zero-order chi connectivity index (χ0) is 35.6. The van der Waals surface area contributed by atoms with Gasteiger partial charge < -0.3 is 31.2 Å². The highest BCUT2D eigenvalue weighted by Gasteiger charge is 2.36. The van der Waals surface area contributed by atoms with E-state index in [1.165, 1.54) is 0 Å². The molecule has 6 aromatic rings. The number of carbonyl (C=O) groups excluding carboxylic acids is 2. The summed E-state index contributed by atoms with van der Waals surface area (Å²) in [5, 5.41) is 0. The second-order valence-corrected chi connectivity index (χ2v) is 13.5. The monoisotopic (exact) mass is 691 g/mol. The number of aromatic nitrogens is 5. The molecule has 3 aromatic heterocycles. The molecule has 0 bridgehead atoms. The van der Waals surface area contributed by atoms with Crippen LogP contribution in [0.15, 0.2) is 116 Å². The number of nitrogens with two attached hydrogens (primary N) is 2. The normalized spacial score (nSPS) is 18.4. The lowest BCUT2D eigenvalue weighted by molar-refractivity contribution is -0.134. The molecule has 0 unspecified atom stereocenters. The molecule has 0 saturated carbocycles. The van der Waals surface area contributed by atoms with Gasteiger partial charge in [-0.3, -0.25) is 14.6 Å². The predicted molar refractivity (Wildman–Crippen MR) is 199 cm³/mol. The molecular formula is C41H41N9O2. The van der Waals surface area contributed by atoms with Crippen LogP contribution in [0.25, 0.3) is 33.8 Å². The fourth-order valence-corrected chi connectivity index (χ4v) is 7.44. The van der Waals surface area contributed by atoms with Crippen LogP contribution in [0.2, 0.25) is 0 Å². The number of amides is 2. The Morgan fingerprint density at radius 3 is 1.52 bits per heavy atom. The van der Waals surface area contributed by atoms with Gasteiger partial charge in [0.25, 0.3) is 0 Å². The number of benzene rings is 3. The maximum absolute atomic E-state index is 13.4. The summed E-state index contributed by atoms with van der Waals surface area (Å²) in [5.74, 6) is 1.35. The number of hydrogen-bond acceptors (Lipinski definition) is 7. The number of aromatic amines is 2. The van der Waals surface area contributed by atoms with E-state index in [-0.39, 0.29) is 23.9 Å². The minimum Gasteiger partial charge on any atom is -0.340 e. The second-order valence-electron chi connectivity index (χ2n) is 13.5. The smallest absolute Gasteiger partial charge is 0.244 e. The van der Waals surface area contributed by atoms with Gasteiger partial charge in [-0.05, 0) is 54.5 Å². The van der Waals surface area contributed by atoms with E-state index in [4.69, 9.17) is 16.5 Å². The molecular weight excluding hydrogens is 651 g/mol. The number of pyridine rings is 1. The molecule has 2 aliphatic heterocycles. The molecule has 4 atom stereocenters. The van der Waals surface area contributed by atoms with Crippen LogP contribution >= 0.6 is 0 Å². The Labute approximate surface area is 302 Å². The quantitative estimate of drug-likeness (QED) is 0.139. The van der Waals surface area contributed by atoms with Gasteiger partial charge in [-0.15, -0.1) is 0 Å². The highest BCUT2D eigenvalue weighted by molar-refractivity contribution is 5.84. The van der Waals surface area contributed by atoms with Gasteiger partial charge >= 0.3 is 0 Å². The number of rotatable bonds is 9. The van der Waals surface area contributed by atoms with E-state index in [9.17, 15) is 9.59 Å². The van der Waals surface area contributed by atoms with Crippen LogP contribution in [0, 0.1) is 0 Å². The van der Waals surface area contributed by atoms with E-state index in [1.54, 1.807) is 6.20 Å². The van der Waals surface area contributed by atoms with Gasteiger partial charge in [0, 0.05) is 30.4 Å². The van der Waals surface area contributed by atoms with Gasteiger partial charge in [-0.1, -0.05) is 84.9 Å². The highest BCUT2D eigenvalue weighted by Crippen LogP contribution is 2.35. The van der Waals surface area contributed by atoms with Crippen LogP contribution in [0.4, 0.5) is 0 Å². The minimum atomic E-state index is -0.705. The average Bonchev–Trinajstić information content (AvgIpc) is 4.04. The molecule has 2 amide bonds. The molecule has 11 heteroatoms. The fraction of sp³-hybridized carbons (Fsp3) is 0.244. The lowest BCUT2D eigenvalue weighted by atomic mass is 10.1. The topological polar surface area (TPSA) is 163 Å². The molecule has 3 aromatic carbocycles. The van der Waals surface area contributed by atoms with Crippen molar-refractivity contribution in [1.29, 1.82) is 0 Å². The Morgan fingerprint density at radius 1 is 0.577 bits per heavy atom. The number of H-pyrrole nitrogens is 2. The zero-order valence-electron chi connectivity index (χ0n) is 28.7. The van der Waals surface area contributed by atoms with Crippen molar-refractivity contribution in [3.05, 3.63) is 138 Å². The molecule has 262 valence electrons. The maximum atomic E-state index is 13.4. The Bertz CT molecular complexity index is 1990. The van der Waals surface area contributed by atoms with Crippen molar-refractivity contribution in [1.82, 2.24) is 34.7 Å². The van der Waals surface area contributed by atoms with Crippen molar-refractivity contribution in [3.63, 3.8) is 0 Å². The maximum Gasteiger partial charge on any atom is 0.244 e. The number of likely N-dealkylation sites (tertiary alicyclic amines) is 2. The van der Waals surface area contributed by atoms with E-state index in [2.05, 4.69) is 19.9 Å². The second kappa shape index (κ2) is 14.4. The summed E-state index contributed by atoms with van der Waals surface area (Å²) in [7, 11) is 0. The molecule has 52 heavy (non-hydrogen) atoms. The van der Waals surface area contributed by atoms with E-state index < -0.39 is 12.1 Å². The zero-order valence-corrected chi connectivity index (χ0v) is 28.7. The van der Waals surface area contributed by atoms with Crippen LogP contribution in [-0.4, -0.2) is 59.6 Å². The van der Waals surface area contributed by atoms with Gasteiger partial charge in [0.15, 0.2) is 0 Å². The molecule has 0 spiro atoms. The summed E-state index contributed by atoms with van der Waals surface area (Å²) in [6, 6.07) is 29.5. The first-order chi connectivity index (χ1) is 25.4. The molecule has 6 N–H and O–H groups in total. The van der Waals surface area contributed by atoms with Crippen molar-refractivity contribution in [2.45, 2.75) is 49.9 Å². The Morgan fingerprint density at radius 2 is 1.04 bits per heavy atom. The summed E-state index contributed by atoms with van der Waals surface area (Å²) in [4.78, 5) is 51.4. The predicted octanol–water partition coefficient (Wildman–Crippen LogP) is 6.26. The van der Waals surface area contributed by atoms with Gasteiger partial charge in [0.1, 0.15) is 23.7 Å². The molecule has 2 fully saturated rings. The third-order valence-corrected chi connectivity index (χ3v) is 10.3. The average molecular weight is 692 g/mol. The summed E-state index contributed by atoms with van der Waals surface area (Å²) < 4.78 is 0. The van der Waals surface area contributed by atoms with Crippen molar-refractivity contribution in [2.75, 3.05) is 13.1 Å². The fourth-order valence-electron chi connectivity index (χ4n) is 7.44. The summed E-state index contributed by atoms with van der Waals surface area (Å²) >= 11 is 0. The molecule has 8 rings (SSSR count). The number of carbonyl (C=O) groups is 2. The van der Waals surface area contributed by atoms with Crippen LogP contribution < -0.4 is 11.5 Å². The Balaban J connectivity index is 0.920. The summed E-state index contributed by atoms with van der Waals surface area (Å²) in [6.07, 6.45) is 8.93. The lowest BCUT2D eigenvalue weighted by Crippen LogP contribution is -2.38. The van der Waals surface area contributed by atoms with Crippen LogP contribution in [0.1, 0.15) is 72.6 Å². The first kappa shape index (κ1) is 33.2. The van der Waals surface area contributed by atoms with E-state index >= 15 is 0 Å². The third-order valence-electron chi connectivity index (χ3n) is 10.3. The van der Waals surface area contributed by atoms with Crippen molar-refractivity contribution >= 4 is 11.8 Å². The first-order valence-electron chi connectivity index (χ1n) is 17.8. The standard InChI is InChI=1S/C41H41N9O2/c42-36(28-9-3-1-4-10-28)40(51)49-21-7-13-34(49)38-45-24-32(47-38)27-17-15-26(16-18-27)31-20-19-30(23-44-31)33-25-46-39(48-33)35-14-8-22-50(35)41(52)37(43)29-11-5-2-6-12-29/h1-6,9-12,15-20,23-25,34-37H,7-8,13-14,21-22,42-43H2,(H,45,47)(H,46,48)/t34-,35-,36+,37+/m0/s1. The largest absolute Gasteiger partial charge is 0.340 e. The highest BCUT2D eigenvalue weighted by atomic mass is 16.2. The SMILES string of the molecule is N[C@@H](C(=O)N1CCC[C@H]1c1ncc(-c2ccc(-c3ccc(-c4cnc([C@@H]5CCCN5C(=O)[C@H](N)c5ccccc5)[nH]4)cn3)cc2)[nH]1)c1ccccc1. The van der Waals surface area contributed by atoms with Crippen LogP contribution in [0.3, 0.4) is 0 Å². The third kappa shape index (κ3) is 6.52. The van der Waals surface area contributed by atoms with Gasteiger partial charge in [0.05, 0.1) is 41.6 Å². The molecule has 5 heterocycles. The van der Waals surface area contributed by atoms with E-state index in [0.29, 0.717) is 13.1 Å². The summed E-state index contributed by atoms with van der Waals surface area (Å²) in [5.41, 5.74) is 19.8. The van der Waals surface area contributed by atoms with Crippen molar-refractivity contribution in [2.24, 2.45) is 11.5 Å². The first-order valence-corrected chi connectivity index (χ1v) is 17.8. The Hall–Kier alpha value is -5.91. The molecule has 2 saturated heterocycles. The van der Waals surface area contributed by atoms with Crippen molar-refractivity contribution in [3.8, 4) is 33.8 Å². The van der Waals surface area contributed by atoms with Gasteiger partial charge in [-0.25, -0.2) is 9.97 Å². The summed E-state index contributed by atoms with van der Waals surface area (Å²) in [6.45, 7) is 1.31. The lowest BCUT2D eigenvalue weighted by Gasteiger charge is -2.26. The van der Waals surface area contributed by atoms with Crippen molar-refractivity contribution < 1.29 is 9.59 Å². The van der Waals surface area contributed by atoms with Gasteiger partial charge in [0.2, 0.25) is 11.8 Å². The number of imidazole rings is 2. The molecule has 0 radical (unpaired) electrons. The van der Waals surface area contributed by atoms with E-state index in [0.717, 1.165) is 82.2 Å². The number of nitrogens with one attached hydrogen (secondary N) is 2. The van der Waals surface area contributed by atoms with E-state index in [1.807, 2.05) is 119 Å².